The largest absolute Gasteiger partial charge is 0.330 e. The lowest BCUT2D eigenvalue weighted by molar-refractivity contribution is -0.117. The Morgan fingerprint density at radius 1 is 1.16 bits per heavy atom. The fourth-order valence-electron chi connectivity index (χ4n) is 2.63. The predicted molar refractivity (Wildman–Crippen MR) is 103 cm³/mol. The van der Waals surface area contributed by atoms with Crippen LogP contribution in [0, 0.1) is 0 Å². The average Bonchev–Trinajstić information content (AvgIpc) is 2.96. The van der Waals surface area contributed by atoms with E-state index in [9.17, 15) is 4.79 Å². The van der Waals surface area contributed by atoms with E-state index >= 15 is 0 Å². The molecule has 8 heteroatoms. The van der Waals surface area contributed by atoms with Crippen molar-refractivity contribution in [3.05, 3.63) is 57.2 Å². The molecular weight excluding hydrogens is 383 g/mol. The summed E-state index contributed by atoms with van der Waals surface area (Å²) in [5, 5.41) is 11.7. The van der Waals surface area contributed by atoms with Gasteiger partial charge in [-0.05, 0) is 48.9 Å². The summed E-state index contributed by atoms with van der Waals surface area (Å²) in [6, 6.07) is 10.5. The van der Waals surface area contributed by atoms with Crippen LogP contribution in [0.4, 0.5) is 5.69 Å². The molecule has 1 aromatic heterocycles. The van der Waals surface area contributed by atoms with Gasteiger partial charge in [0.05, 0.1) is 21.5 Å². The smallest absolute Gasteiger partial charge is 0.231 e. The van der Waals surface area contributed by atoms with E-state index in [0.29, 0.717) is 33.9 Å². The fraction of sp³-hybridized carbons (Fsp3) is 0.176. The van der Waals surface area contributed by atoms with Crippen LogP contribution in [0.15, 0.2) is 36.4 Å². The molecule has 3 aromatic rings. The molecule has 0 bridgehead atoms. The van der Waals surface area contributed by atoms with E-state index in [1.54, 1.807) is 36.4 Å². The summed E-state index contributed by atoms with van der Waals surface area (Å²) < 4.78 is 0. The quantitative estimate of drug-likeness (QED) is 0.588. The topological polar surface area (TPSA) is 83.8 Å². The number of aromatic nitrogens is 2. The Morgan fingerprint density at radius 2 is 1.96 bits per heavy atom. The normalized spacial score (nSPS) is 12.3. The molecule has 1 heterocycles. The van der Waals surface area contributed by atoms with Gasteiger partial charge in [0.2, 0.25) is 5.91 Å². The Bertz CT molecular complexity index is 925. The lowest BCUT2D eigenvalue weighted by atomic mass is 9.94. The first-order valence-corrected chi connectivity index (χ1v) is 8.72. The second-order valence-corrected chi connectivity index (χ2v) is 6.75. The van der Waals surface area contributed by atoms with Gasteiger partial charge >= 0.3 is 0 Å². The minimum absolute atomic E-state index is 0.178. The molecule has 0 aliphatic rings. The monoisotopic (exact) mass is 396 g/mol. The maximum absolute atomic E-state index is 12.8. The summed E-state index contributed by atoms with van der Waals surface area (Å²) in [6.45, 7) is 0.366. The number of carbonyl (C=O) groups is 1. The van der Waals surface area contributed by atoms with Crippen LogP contribution in [-0.2, 0) is 4.79 Å². The van der Waals surface area contributed by atoms with Crippen molar-refractivity contribution in [3.8, 4) is 0 Å². The standard InChI is InChI=1S/C17H15Cl3N4O/c18-13-3-1-9(7-14(13)19)11(5-6-21)17(25)22-10-2-4-15-12(8-10)16(20)24-23-15/h1-4,7-8,11H,5-6,21H2,(H,22,25)(H,23,24). The first-order valence-electron chi connectivity index (χ1n) is 7.59. The minimum Gasteiger partial charge on any atom is -0.330 e. The van der Waals surface area contributed by atoms with Crippen molar-refractivity contribution in [3.63, 3.8) is 0 Å². The summed E-state index contributed by atoms with van der Waals surface area (Å²) in [4.78, 5) is 12.8. The summed E-state index contributed by atoms with van der Waals surface area (Å²) in [7, 11) is 0. The molecule has 0 radical (unpaired) electrons. The molecule has 1 unspecified atom stereocenters. The molecule has 0 aliphatic carbocycles. The molecule has 3 rings (SSSR count). The van der Waals surface area contributed by atoms with Crippen molar-refractivity contribution in [1.29, 1.82) is 0 Å². The van der Waals surface area contributed by atoms with Crippen molar-refractivity contribution in [2.75, 3.05) is 11.9 Å². The molecule has 5 nitrogen and oxygen atoms in total. The maximum Gasteiger partial charge on any atom is 0.231 e. The number of amides is 1. The molecule has 0 saturated heterocycles. The van der Waals surface area contributed by atoms with Crippen LogP contribution < -0.4 is 11.1 Å². The van der Waals surface area contributed by atoms with Crippen molar-refractivity contribution in [2.24, 2.45) is 5.73 Å². The highest BCUT2D eigenvalue weighted by molar-refractivity contribution is 6.42. The summed E-state index contributed by atoms with van der Waals surface area (Å²) >= 11 is 18.1. The number of carbonyl (C=O) groups excluding carboxylic acids is 1. The molecule has 0 aliphatic heterocycles. The van der Waals surface area contributed by atoms with Gasteiger partial charge < -0.3 is 11.1 Å². The van der Waals surface area contributed by atoms with Crippen LogP contribution in [0.2, 0.25) is 15.2 Å². The van der Waals surface area contributed by atoms with Gasteiger partial charge in [0.25, 0.3) is 0 Å². The number of nitrogens with zero attached hydrogens (tertiary/aromatic N) is 1. The Labute approximate surface area is 159 Å². The number of nitrogens with two attached hydrogens (primary N) is 1. The third-order valence-corrected chi connectivity index (χ3v) is 4.92. The number of hydrogen-bond donors (Lipinski definition) is 3. The van der Waals surface area contributed by atoms with E-state index in [4.69, 9.17) is 40.5 Å². The highest BCUT2D eigenvalue weighted by atomic mass is 35.5. The molecule has 0 fully saturated rings. The van der Waals surface area contributed by atoms with Gasteiger partial charge in [-0.1, -0.05) is 40.9 Å². The molecule has 25 heavy (non-hydrogen) atoms. The maximum atomic E-state index is 12.8. The lowest BCUT2D eigenvalue weighted by Crippen LogP contribution is -2.23. The molecule has 130 valence electrons. The van der Waals surface area contributed by atoms with Crippen LogP contribution in [0.5, 0.6) is 0 Å². The number of nitrogens with one attached hydrogen (secondary N) is 2. The van der Waals surface area contributed by atoms with Crippen molar-refractivity contribution >= 4 is 57.3 Å². The van der Waals surface area contributed by atoms with E-state index in [1.807, 2.05) is 0 Å². The van der Waals surface area contributed by atoms with Gasteiger partial charge in [-0.3, -0.25) is 9.89 Å². The Hall–Kier alpha value is -1.79. The van der Waals surface area contributed by atoms with Crippen LogP contribution in [-0.4, -0.2) is 22.6 Å². The van der Waals surface area contributed by atoms with Crippen LogP contribution >= 0.6 is 34.8 Å². The number of benzene rings is 2. The third kappa shape index (κ3) is 3.90. The molecule has 0 spiro atoms. The highest BCUT2D eigenvalue weighted by Gasteiger charge is 2.21. The van der Waals surface area contributed by atoms with E-state index in [2.05, 4.69) is 15.5 Å². The van der Waals surface area contributed by atoms with E-state index in [0.717, 1.165) is 16.5 Å². The van der Waals surface area contributed by atoms with Crippen molar-refractivity contribution in [2.45, 2.75) is 12.3 Å². The van der Waals surface area contributed by atoms with E-state index in [-0.39, 0.29) is 5.91 Å². The zero-order valence-electron chi connectivity index (χ0n) is 13.0. The Balaban J connectivity index is 1.86. The van der Waals surface area contributed by atoms with Crippen LogP contribution in [0.1, 0.15) is 17.9 Å². The number of halogens is 3. The van der Waals surface area contributed by atoms with E-state index in [1.165, 1.54) is 0 Å². The molecule has 0 saturated carbocycles. The summed E-state index contributed by atoms with van der Waals surface area (Å²) in [5.41, 5.74) is 7.80. The Kier molecular flexibility index (Phi) is 5.49. The number of fused-ring (bicyclic) bond motifs is 1. The third-order valence-electron chi connectivity index (χ3n) is 3.89. The van der Waals surface area contributed by atoms with Gasteiger partial charge in [-0.2, -0.15) is 5.10 Å². The molecular formula is C17H15Cl3N4O. The fourth-order valence-corrected chi connectivity index (χ4v) is 3.13. The van der Waals surface area contributed by atoms with Gasteiger partial charge in [-0.25, -0.2) is 0 Å². The number of rotatable bonds is 5. The van der Waals surface area contributed by atoms with Crippen molar-refractivity contribution < 1.29 is 4.79 Å². The minimum atomic E-state index is -0.435. The first-order chi connectivity index (χ1) is 12.0. The van der Waals surface area contributed by atoms with Crippen LogP contribution in [0.3, 0.4) is 0 Å². The van der Waals surface area contributed by atoms with Gasteiger partial charge in [-0.15, -0.1) is 0 Å². The number of H-pyrrole nitrogens is 1. The van der Waals surface area contributed by atoms with Crippen molar-refractivity contribution in [1.82, 2.24) is 10.2 Å². The second-order valence-electron chi connectivity index (χ2n) is 5.56. The molecule has 4 N–H and O–H groups in total. The zero-order chi connectivity index (χ0) is 18.0. The molecule has 2 aromatic carbocycles. The Morgan fingerprint density at radius 3 is 2.68 bits per heavy atom. The van der Waals surface area contributed by atoms with Crippen LogP contribution in [0.25, 0.3) is 10.9 Å². The first kappa shape index (κ1) is 18.0. The SMILES string of the molecule is NCCC(C(=O)Nc1ccc2n[nH]c(Cl)c2c1)c1ccc(Cl)c(Cl)c1. The van der Waals surface area contributed by atoms with Gasteiger partial charge in [0, 0.05) is 11.1 Å². The lowest BCUT2D eigenvalue weighted by Gasteiger charge is -2.17. The van der Waals surface area contributed by atoms with E-state index < -0.39 is 5.92 Å². The zero-order valence-corrected chi connectivity index (χ0v) is 15.3. The van der Waals surface area contributed by atoms with Gasteiger partial charge in [0.15, 0.2) is 0 Å². The van der Waals surface area contributed by atoms with Gasteiger partial charge in [0.1, 0.15) is 5.15 Å². The number of anilines is 1. The average molecular weight is 398 g/mol. The summed E-state index contributed by atoms with van der Waals surface area (Å²) in [5.74, 6) is -0.613. The molecule has 1 amide bonds. The predicted octanol–water partition coefficient (Wildman–Crippen LogP) is 4.59. The summed E-state index contributed by atoms with van der Waals surface area (Å²) in [6.07, 6.45) is 0.485. The highest BCUT2D eigenvalue weighted by Crippen LogP contribution is 2.30. The molecule has 1 atom stereocenters. The number of hydrogen-bond acceptors (Lipinski definition) is 3. The second kappa shape index (κ2) is 7.62. The number of aromatic amines is 1.